The van der Waals surface area contributed by atoms with Crippen molar-refractivity contribution in [3.05, 3.63) is 0 Å². The first kappa shape index (κ1) is 10.4. The molecule has 0 aliphatic rings. The van der Waals surface area contributed by atoms with Gasteiger partial charge in [-0.15, -0.1) is 0 Å². The first-order chi connectivity index (χ1) is 5.31. The Bertz CT molecular complexity index is 107. The van der Waals surface area contributed by atoms with E-state index in [1.54, 1.807) is 0 Å². The Morgan fingerprint density at radius 3 is 2.82 bits per heavy atom. The van der Waals surface area contributed by atoms with Crippen molar-refractivity contribution in [1.29, 1.82) is 0 Å². The van der Waals surface area contributed by atoms with Crippen LogP contribution in [0, 0.1) is 0 Å². The molecule has 0 aromatic carbocycles. The first-order valence-electron chi connectivity index (χ1n) is 3.79. The van der Waals surface area contributed by atoms with Gasteiger partial charge in [-0.1, -0.05) is 0 Å². The number of nitrogens with two attached hydrogens (primary N) is 1. The summed E-state index contributed by atoms with van der Waals surface area (Å²) in [5, 5.41) is 3.07. The number of hydrogen-bond acceptors (Lipinski definition) is 4. The van der Waals surface area contributed by atoms with E-state index < -0.39 is 0 Å². The molecule has 11 heavy (non-hydrogen) atoms. The van der Waals surface area contributed by atoms with Gasteiger partial charge in [-0.05, 0) is 19.5 Å². The molecule has 4 heteroatoms. The van der Waals surface area contributed by atoms with Gasteiger partial charge in [0.1, 0.15) is 0 Å². The van der Waals surface area contributed by atoms with Crippen molar-refractivity contribution in [2.45, 2.75) is 12.8 Å². The van der Waals surface area contributed by atoms with Crippen molar-refractivity contribution in [2.24, 2.45) is 5.73 Å². The molecule has 0 saturated carbocycles. The maximum atomic E-state index is 10.6. The van der Waals surface area contributed by atoms with Gasteiger partial charge in [0.2, 0.25) is 0 Å². The number of methoxy groups -OCH3 is 1. The molecule has 0 fully saturated rings. The molecule has 0 aromatic heterocycles. The van der Waals surface area contributed by atoms with Gasteiger partial charge in [0.25, 0.3) is 0 Å². The smallest absolute Gasteiger partial charge is 0.306 e. The van der Waals surface area contributed by atoms with Gasteiger partial charge in [0, 0.05) is 6.54 Å². The van der Waals surface area contributed by atoms with Crippen molar-refractivity contribution < 1.29 is 9.53 Å². The van der Waals surface area contributed by atoms with Gasteiger partial charge < -0.3 is 15.8 Å². The largest absolute Gasteiger partial charge is 0.469 e. The van der Waals surface area contributed by atoms with E-state index in [4.69, 9.17) is 5.73 Å². The highest BCUT2D eigenvalue weighted by molar-refractivity contribution is 5.69. The monoisotopic (exact) mass is 160 g/mol. The average molecular weight is 160 g/mol. The van der Waals surface area contributed by atoms with E-state index in [0.717, 1.165) is 13.0 Å². The zero-order valence-electron chi connectivity index (χ0n) is 6.93. The molecule has 66 valence electrons. The van der Waals surface area contributed by atoms with E-state index in [1.165, 1.54) is 7.11 Å². The number of carbonyl (C=O) groups excluding carboxylic acids is 1. The van der Waals surface area contributed by atoms with Crippen LogP contribution in [0.3, 0.4) is 0 Å². The maximum Gasteiger partial charge on any atom is 0.306 e. The lowest BCUT2D eigenvalue weighted by Crippen LogP contribution is -2.21. The van der Waals surface area contributed by atoms with Gasteiger partial charge >= 0.3 is 5.97 Å². The fraction of sp³-hybridized carbons (Fsp3) is 0.857. The first-order valence-corrected chi connectivity index (χ1v) is 3.79. The maximum absolute atomic E-state index is 10.6. The third-order valence-electron chi connectivity index (χ3n) is 1.29. The quantitative estimate of drug-likeness (QED) is 0.405. The van der Waals surface area contributed by atoms with Gasteiger partial charge in [-0.2, -0.15) is 0 Å². The second-order valence-corrected chi connectivity index (χ2v) is 2.22. The molecule has 0 rings (SSSR count). The summed E-state index contributed by atoms with van der Waals surface area (Å²) in [5.74, 6) is -0.176. The third-order valence-corrected chi connectivity index (χ3v) is 1.29. The van der Waals surface area contributed by atoms with E-state index in [2.05, 4.69) is 10.1 Å². The third kappa shape index (κ3) is 7.29. The number of rotatable bonds is 6. The Kier molecular flexibility index (Phi) is 7.08. The van der Waals surface area contributed by atoms with Gasteiger partial charge in [0.05, 0.1) is 13.5 Å². The van der Waals surface area contributed by atoms with Crippen LogP contribution >= 0.6 is 0 Å². The van der Waals surface area contributed by atoms with Crippen molar-refractivity contribution in [3.8, 4) is 0 Å². The molecule has 0 radical (unpaired) electrons. The molecule has 0 unspecified atom stereocenters. The molecular weight excluding hydrogens is 144 g/mol. The Balaban J connectivity index is 2.95. The molecule has 0 saturated heterocycles. The number of nitrogens with one attached hydrogen (secondary N) is 1. The molecule has 0 heterocycles. The molecule has 0 bridgehead atoms. The number of esters is 1. The van der Waals surface area contributed by atoms with Gasteiger partial charge in [0.15, 0.2) is 0 Å². The van der Waals surface area contributed by atoms with Crippen LogP contribution in [-0.4, -0.2) is 32.7 Å². The van der Waals surface area contributed by atoms with E-state index >= 15 is 0 Å². The fourth-order valence-electron chi connectivity index (χ4n) is 0.645. The summed E-state index contributed by atoms with van der Waals surface area (Å²) in [6, 6.07) is 0. The summed E-state index contributed by atoms with van der Waals surface area (Å²) in [6.07, 6.45) is 1.38. The lowest BCUT2D eigenvalue weighted by molar-refractivity contribution is -0.140. The fourth-order valence-corrected chi connectivity index (χ4v) is 0.645. The van der Waals surface area contributed by atoms with Gasteiger partial charge in [-0.3, -0.25) is 4.79 Å². The van der Waals surface area contributed by atoms with Crippen molar-refractivity contribution in [2.75, 3.05) is 26.7 Å². The summed E-state index contributed by atoms with van der Waals surface area (Å²) in [7, 11) is 1.39. The van der Waals surface area contributed by atoms with Crippen LogP contribution in [0.25, 0.3) is 0 Å². The highest BCUT2D eigenvalue weighted by Gasteiger charge is 1.96. The Morgan fingerprint density at radius 1 is 1.55 bits per heavy atom. The summed E-state index contributed by atoms with van der Waals surface area (Å²) < 4.78 is 4.45. The highest BCUT2D eigenvalue weighted by Crippen LogP contribution is 1.80. The van der Waals surface area contributed by atoms with E-state index in [9.17, 15) is 4.79 Å². The lowest BCUT2D eigenvalue weighted by atomic mass is 10.4. The minimum absolute atomic E-state index is 0.176. The Morgan fingerprint density at radius 2 is 2.27 bits per heavy atom. The standard InChI is InChI=1S/C7H16N2O2/c1-11-7(10)3-6-9-5-2-4-8/h9H,2-6,8H2,1H3. The zero-order chi connectivity index (χ0) is 8.53. The van der Waals surface area contributed by atoms with E-state index in [-0.39, 0.29) is 5.97 Å². The molecule has 0 amide bonds. The highest BCUT2D eigenvalue weighted by atomic mass is 16.5. The van der Waals surface area contributed by atoms with Crippen LogP contribution in [0.1, 0.15) is 12.8 Å². The topological polar surface area (TPSA) is 64.3 Å². The molecule has 0 atom stereocenters. The van der Waals surface area contributed by atoms with Crippen molar-refractivity contribution in [3.63, 3.8) is 0 Å². The predicted octanol–water partition coefficient (Wildman–Crippen LogP) is -0.512. The predicted molar refractivity (Wildman–Crippen MR) is 43.2 cm³/mol. The Labute approximate surface area is 67.1 Å². The van der Waals surface area contributed by atoms with Crippen LogP contribution in [0.4, 0.5) is 0 Å². The van der Waals surface area contributed by atoms with Crippen LogP contribution < -0.4 is 11.1 Å². The number of hydrogen-bond donors (Lipinski definition) is 2. The minimum atomic E-state index is -0.176. The van der Waals surface area contributed by atoms with Gasteiger partial charge in [-0.25, -0.2) is 0 Å². The van der Waals surface area contributed by atoms with Crippen molar-refractivity contribution >= 4 is 5.97 Å². The van der Waals surface area contributed by atoms with E-state index in [0.29, 0.717) is 19.5 Å². The lowest BCUT2D eigenvalue weighted by Gasteiger charge is -2.01. The van der Waals surface area contributed by atoms with Crippen LogP contribution in [0.2, 0.25) is 0 Å². The Hall–Kier alpha value is -0.610. The zero-order valence-corrected chi connectivity index (χ0v) is 6.93. The minimum Gasteiger partial charge on any atom is -0.469 e. The molecule has 4 nitrogen and oxygen atoms in total. The molecule has 0 aliphatic carbocycles. The molecule has 0 spiro atoms. The average Bonchev–Trinajstić information content (AvgIpc) is 2.04. The summed E-state index contributed by atoms with van der Waals surface area (Å²) in [5.41, 5.74) is 5.27. The normalized spacial score (nSPS) is 9.64. The summed E-state index contributed by atoms with van der Waals surface area (Å²) in [6.45, 7) is 2.23. The molecule has 0 aliphatic heterocycles. The van der Waals surface area contributed by atoms with Crippen LogP contribution in [0.15, 0.2) is 0 Å². The molecule has 3 N–H and O–H groups in total. The second kappa shape index (κ2) is 7.50. The van der Waals surface area contributed by atoms with Crippen LogP contribution in [0.5, 0.6) is 0 Å². The molecular formula is C7H16N2O2. The SMILES string of the molecule is COC(=O)CCNCCCN. The van der Waals surface area contributed by atoms with Crippen LogP contribution in [-0.2, 0) is 9.53 Å². The second-order valence-electron chi connectivity index (χ2n) is 2.22. The number of carbonyl (C=O) groups is 1. The van der Waals surface area contributed by atoms with Crippen molar-refractivity contribution in [1.82, 2.24) is 5.32 Å². The number of ether oxygens (including phenoxy) is 1. The summed E-state index contributed by atoms with van der Waals surface area (Å²) >= 11 is 0. The summed E-state index contributed by atoms with van der Waals surface area (Å²) in [4.78, 5) is 10.6. The van der Waals surface area contributed by atoms with E-state index in [1.807, 2.05) is 0 Å². The molecule has 0 aromatic rings.